The molecule has 1 aliphatic heterocycles. The third kappa shape index (κ3) is 6.78. The number of ether oxygens (including phenoxy) is 2. The zero-order chi connectivity index (χ0) is 26.4. The van der Waals surface area contributed by atoms with Gasteiger partial charge in [0.15, 0.2) is 6.10 Å². The number of aliphatic carboxylic acids is 1. The van der Waals surface area contributed by atoms with Gasteiger partial charge in [0.25, 0.3) is 5.91 Å². The van der Waals surface area contributed by atoms with E-state index < -0.39 is 48.7 Å². The zero-order valence-corrected chi connectivity index (χ0v) is 19.7. The normalized spacial score (nSPS) is 25.6. The lowest BCUT2D eigenvalue weighted by Crippen LogP contribution is -2.61. The molecule has 196 valence electrons. The minimum absolute atomic E-state index is 0.118. The van der Waals surface area contributed by atoms with Crippen LogP contribution in [-0.2, 0) is 16.0 Å². The summed E-state index contributed by atoms with van der Waals surface area (Å²) in [5.41, 5.74) is 6.91. The van der Waals surface area contributed by atoms with Crippen molar-refractivity contribution in [2.45, 2.75) is 62.6 Å². The molecular formula is C25H32N2O9. The number of rotatable bonds is 11. The monoisotopic (exact) mass is 504 g/mol. The van der Waals surface area contributed by atoms with Gasteiger partial charge in [0.05, 0.1) is 11.7 Å². The molecule has 0 aromatic heterocycles. The molecule has 1 saturated heterocycles. The second-order valence-electron chi connectivity index (χ2n) is 8.82. The molecule has 0 radical (unpaired) electrons. The molecule has 3 rings (SSSR count). The molecule has 1 fully saturated rings. The third-order valence-corrected chi connectivity index (χ3v) is 6.08. The Kier molecular flexibility index (Phi) is 9.37. The lowest BCUT2D eigenvalue weighted by atomic mass is 9.99. The van der Waals surface area contributed by atoms with Crippen molar-refractivity contribution in [2.24, 2.45) is 5.73 Å². The van der Waals surface area contributed by atoms with Crippen molar-refractivity contribution in [3.8, 4) is 5.75 Å². The van der Waals surface area contributed by atoms with E-state index >= 15 is 0 Å². The Balaban J connectivity index is 1.64. The van der Waals surface area contributed by atoms with Crippen molar-refractivity contribution < 1.29 is 44.6 Å². The van der Waals surface area contributed by atoms with E-state index in [-0.39, 0.29) is 23.9 Å². The first-order valence-corrected chi connectivity index (χ1v) is 11.6. The topological polar surface area (TPSA) is 192 Å². The molecular weight excluding hydrogens is 472 g/mol. The first-order chi connectivity index (χ1) is 17.1. The molecule has 1 aliphatic rings. The summed E-state index contributed by atoms with van der Waals surface area (Å²) in [6.45, 7) is 2.22. The molecule has 0 spiro atoms. The van der Waals surface area contributed by atoms with Crippen molar-refractivity contribution in [1.29, 1.82) is 0 Å². The lowest BCUT2D eigenvalue weighted by Gasteiger charge is -2.38. The molecule has 8 N–H and O–H groups in total. The summed E-state index contributed by atoms with van der Waals surface area (Å²) in [5.74, 6) is -2.62. The Morgan fingerprint density at radius 3 is 2.42 bits per heavy atom. The summed E-state index contributed by atoms with van der Waals surface area (Å²) in [6.07, 6.45) is -8.34. The molecule has 1 amide bonds. The van der Waals surface area contributed by atoms with Gasteiger partial charge in [-0.05, 0) is 43.0 Å². The van der Waals surface area contributed by atoms with Crippen molar-refractivity contribution >= 4 is 11.9 Å². The fraction of sp³-hybridized carbons (Fsp3) is 0.440. The number of carbonyl (C=O) groups is 2. The molecule has 0 bridgehead atoms. The molecule has 0 aliphatic carbocycles. The number of carbonyl (C=O) groups excluding carboxylic acids is 1. The van der Waals surface area contributed by atoms with Crippen LogP contribution in [0.3, 0.4) is 0 Å². The van der Waals surface area contributed by atoms with Crippen LogP contribution in [0.15, 0.2) is 48.5 Å². The van der Waals surface area contributed by atoms with Gasteiger partial charge in [-0.15, -0.1) is 0 Å². The highest BCUT2D eigenvalue weighted by molar-refractivity contribution is 5.95. The van der Waals surface area contributed by atoms with Crippen LogP contribution in [0.25, 0.3) is 0 Å². The van der Waals surface area contributed by atoms with E-state index in [1.807, 2.05) is 25.1 Å². The highest BCUT2D eigenvalue weighted by Gasteiger charge is 2.48. The van der Waals surface area contributed by atoms with Gasteiger partial charge in [-0.1, -0.05) is 36.4 Å². The van der Waals surface area contributed by atoms with E-state index in [0.29, 0.717) is 5.56 Å². The van der Waals surface area contributed by atoms with E-state index in [0.717, 1.165) is 12.8 Å². The van der Waals surface area contributed by atoms with Crippen molar-refractivity contribution in [3.63, 3.8) is 0 Å². The van der Waals surface area contributed by atoms with Gasteiger partial charge in [-0.3, -0.25) is 4.79 Å². The predicted octanol–water partition coefficient (Wildman–Crippen LogP) is -0.299. The van der Waals surface area contributed by atoms with Crippen molar-refractivity contribution in [1.82, 2.24) is 5.32 Å². The lowest BCUT2D eigenvalue weighted by molar-refractivity contribution is -0.271. The third-order valence-electron chi connectivity index (χ3n) is 6.08. The summed E-state index contributed by atoms with van der Waals surface area (Å²) in [6, 6.07) is 14.3. The van der Waals surface area contributed by atoms with E-state index in [2.05, 4.69) is 17.4 Å². The van der Waals surface area contributed by atoms with Crippen LogP contribution in [0.1, 0.15) is 40.9 Å². The van der Waals surface area contributed by atoms with Gasteiger partial charge >= 0.3 is 5.97 Å². The highest BCUT2D eigenvalue weighted by atomic mass is 16.7. The van der Waals surface area contributed by atoms with Gasteiger partial charge in [0, 0.05) is 12.6 Å². The standard InChI is InChI=1S/C25H32N2O9/c1-13(7-8-14-5-3-2-4-6-14)27-12-17(28)15-9-10-18(16(11-15)23(26)32)35-25-21(31)19(29)20(30)22(36-25)24(33)34/h2-6,9-11,13,17,19-22,25,27-31H,7-8,12H2,1H3,(H2,26,32)(H,33,34)/t13?,17?,19-,20-,21+,22-,25?/m0/s1. The average Bonchev–Trinajstić information content (AvgIpc) is 2.86. The predicted molar refractivity (Wildman–Crippen MR) is 127 cm³/mol. The Morgan fingerprint density at radius 2 is 1.78 bits per heavy atom. The summed E-state index contributed by atoms with van der Waals surface area (Å²) in [5, 5.41) is 53.0. The molecule has 3 unspecified atom stereocenters. The number of carboxylic acids is 1. The minimum atomic E-state index is -1.88. The number of aliphatic hydroxyl groups excluding tert-OH is 4. The Labute approximate surface area is 208 Å². The van der Waals surface area contributed by atoms with E-state index in [1.54, 1.807) is 0 Å². The fourth-order valence-electron chi connectivity index (χ4n) is 3.89. The van der Waals surface area contributed by atoms with Crippen LogP contribution >= 0.6 is 0 Å². The summed E-state index contributed by atoms with van der Waals surface area (Å²) in [7, 11) is 0. The number of amides is 1. The first-order valence-electron chi connectivity index (χ1n) is 11.6. The molecule has 2 aromatic rings. The number of aryl methyl sites for hydroxylation is 1. The van der Waals surface area contributed by atoms with Crippen LogP contribution in [-0.4, -0.2) is 80.7 Å². The highest BCUT2D eigenvalue weighted by Crippen LogP contribution is 2.29. The Hall–Kier alpha value is -3.06. The van der Waals surface area contributed by atoms with Crippen molar-refractivity contribution in [3.05, 3.63) is 65.2 Å². The maximum absolute atomic E-state index is 12.1. The number of carboxylic acid groups (broad SMARTS) is 1. The van der Waals surface area contributed by atoms with Gasteiger partial charge in [-0.2, -0.15) is 0 Å². The molecule has 1 heterocycles. The number of aliphatic hydroxyl groups is 4. The second-order valence-corrected chi connectivity index (χ2v) is 8.82. The Bertz CT molecular complexity index is 1040. The fourth-order valence-corrected chi connectivity index (χ4v) is 3.89. The number of primary amides is 1. The SMILES string of the molecule is CC(CCc1ccccc1)NCC(O)c1ccc(OC2O[C@H](C(=O)O)[C@@H](O)[C@H](O)[C@H]2O)c(C(N)=O)c1. The molecule has 0 saturated carbocycles. The first kappa shape index (κ1) is 27.5. The maximum atomic E-state index is 12.1. The summed E-state index contributed by atoms with van der Waals surface area (Å²) >= 11 is 0. The van der Waals surface area contributed by atoms with Crippen molar-refractivity contribution in [2.75, 3.05) is 6.54 Å². The van der Waals surface area contributed by atoms with Gasteiger partial charge in [-0.25, -0.2) is 4.79 Å². The second kappa shape index (κ2) is 12.3. The summed E-state index contributed by atoms with van der Waals surface area (Å²) in [4.78, 5) is 23.3. The van der Waals surface area contributed by atoms with Crippen LogP contribution in [0.4, 0.5) is 0 Å². The summed E-state index contributed by atoms with van der Waals surface area (Å²) < 4.78 is 10.5. The van der Waals surface area contributed by atoms with E-state index in [9.17, 15) is 35.1 Å². The smallest absolute Gasteiger partial charge is 0.335 e. The number of nitrogens with one attached hydrogen (secondary N) is 1. The van der Waals surface area contributed by atoms with Gasteiger partial charge < -0.3 is 46.1 Å². The van der Waals surface area contributed by atoms with Gasteiger partial charge in [0.2, 0.25) is 6.29 Å². The molecule has 11 heteroatoms. The van der Waals surface area contributed by atoms with E-state index in [4.69, 9.17) is 15.2 Å². The quantitative estimate of drug-likeness (QED) is 0.214. The number of hydrogen-bond donors (Lipinski definition) is 7. The van der Waals surface area contributed by atoms with E-state index in [1.165, 1.54) is 23.8 Å². The number of nitrogens with two attached hydrogens (primary N) is 1. The molecule has 2 aromatic carbocycles. The number of hydrogen-bond acceptors (Lipinski definition) is 9. The van der Waals surface area contributed by atoms with Crippen LogP contribution in [0.5, 0.6) is 5.75 Å². The maximum Gasteiger partial charge on any atom is 0.335 e. The molecule has 36 heavy (non-hydrogen) atoms. The van der Waals surface area contributed by atoms with Gasteiger partial charge in [0.1, 0.15) is 24.1 Å². The molecule has 7 atom stereocenters. The van der Waals surface area contributed by atoms with Crippen LogP contribution in [0.2, 0.25) is 0 Å². The largest absolute Gasteiger partial charge is 0.479 e. The zero-order valence-electron chi connectivity index (χ0n) is 19.7. The van der Waals surface area contributed by atoms with Crippen LogP contribution < -0.4 is 15.8 Å². The Morgan fingerprint density at radius 1 is 1.08 bits per heavy atom. The average molecular weight is 505 g/mol. The van der Waals surface area contributed by atoms with Crippen LogP contribution in [0, 0.1) is 0 Å². The minimum Gasteiger partial charge on any atom is -0.479 e. The molecule has 11 nitrogen and oxygen atoms in total. The number of benzene rings is 2.